The Morgan fingerprint density at radius 3 is 2.30 bits per heavy atom. The zero-order valence-electron chi connectivity index (χ0n) is 13.4. The fraction of sp³-hybridized carbons (Fsp3) is 0.667. The summed E-state index contributed by atoms with van der Waals surface area (Å²) in [5, 5.41) is 14.1. The Morgan fingerprint density at radius 2 is 1.70 bits per heavy atom. The van der Waals surface area contributed by atoms with E-state index in [4.69, 9.17) is 0 Å². The molecule has 2 heteroatoms. The summed E-state index contributed by atoms with van der Waals surface area (Å²) in [6, 6.07) is 8.60. The minimum atomic E-state index is -0.476. The van der Waals surface area contributed by atoms with Crippen LogP contribution in [0.4, 0.5) is 5.69 Å². The van der Waals surface area contributed by atoms with Gasteiger partial charge in [0.25, 0.3) is 0 Å². The molecule has 1 aromatic carbocycles. The second-order valence-electron chi connectivity index (χ2n) is 5.85. The van der Waals surface area contributed by atoms with Crippen LogP contribution in [0.2, 0.25) is 0 Å². The molecule has 0 bridgehead atoms. The lowest BCUT2D eigenvalue weighted by Crippen LogP contribution is -2.28. The van der Waals surface area contributed by atoms with Crippen molar-refractivity contribution in [2.45, 2.75) is 71.3 Å². The molecule has 1 aromatic rings. The molecule has 0 saturated carbocycles. The molecule has 0 saturated heterocycles. The maximum absolute atomic E-state index is 10.7. The second kappa shape index (κ2) is 9.02. The first-order valence-electron chi connectivity index (χ1n) is 8.18. The zero-order valence-corrected chi connectivity index (χ0v) is 13.4. The second-order valence-corrected chi connectivity index (χ2v) is 5.85. The molecule has 0 aliphatic heterocycles. The molecule has 20 heavy (non-hydrogen) atoms. The quantitative estimate of drug-likeness (QED) is 0.645. The smallest absolute Gasteiger partial charge is 0.0650 e. The number of rotatable bonds is 10. The van der Waals surface area contributed by atoms with Crippen molar-refractivity contribution in [1.82, 2.24) is 0 Å². The summed E-state index contributed by atoms with van der Waals surface area (Å²) in [5.74, 6) is 0. The molecule has 0 aromatic heterocycles. The first-order chi connectivity index (χ1) is 9.63. The molecule has 0 aliphatic rings. The lowest BCUT2D eigenvalue weighted by atomic mass is 9.86. The van der Waals surface area contributed by atoms with E-state index >= 15 is 0 Å². The Bertz CT molecular complexity index is 369. The highest BCUT2D eigenvalue weighted by atomic mass is 16.3. The van der Waals surface area contributed by atoms with Crippen LogP contribution >= 0.6 is 0 Å². The fourth-order valence-electron chi connectivity index (χ4n) is 2.79. The highest BCUT2D eigenvalue weighted by Crippen LogP contribution is 2.26. The number of nitrogens with one attached hydrogen (secondary N) is 1. The summed E-state index contributed by atoms with van der Waals surface area (Å²) in [6.45, 7) is 7.48. The van der Waals surface area contributed by atoms with E-state index in [1.165, 1.54) is 11.3 Å². The lowest BCUT2D eigenvalue weighted by molar-refractivity contribution is 0.0132. The minimum absolute atomic E-state index is 0.476. The van der Waals surface area contributed by atoms with Crippen LogP contribution in [-0.2, 0) is 6.42 Å². The predicted molar refractivity (Wildman–Crippen MR) is 88.3 cm³/mol. The standard InChI is InChI=1S/C18H31NO/c1-4-11-18(20,12-5-2)13-10-16-8-7-9-17(15-16)19-14-6-3/h7-9,15,19-20H,4-6,10-14H2,1-3H3. The number of hydrogen-bond donors (Lipinski definition) is 2. The van der Waals surface area contributed by atoms with E-state index in [1.807, 2.05) is 0 Å². The molecular formula is C18H31NO. The van der Waals surface area contributed by atoms with Crippen molar-refractivity contribution in [3.05, 3.63) is 29.8 Å². The number of aliphatic hydroxyl groups is 1. The molecule has 0 unspecified atom stereocenters. The van der Waals surface area contributed by atoms with Gasteiger partial charge in [0.15, 0.2) is 0 Å². The van der Waals surface area contributed by atoms with Gasteiger partial charge in [-0.25, -0.2) is 0 Å². The van der Waals surface area contributed by atoms with Crippen molar-refractivity contribution in [3.63, 3.8) is 0 Å². The van der Waals surface area contributed by atoms with E-state index in [2.05, 4.69) is 50.4 Å². The molecule has 0 amide bonds. The van der Waals surface area contributed by atoms with Crippen LogP contribution in [-0.4, -0.2) is 17.3 Å². The molecule has 2 nitrogen and oxygen atoms in total. The van der Waals surface area contributed by atoms with Gasteiger partial charge in [-0.2, -0.15) is 0 Å². The first-order valence-corrected chi connectivity index (χ1v) is 8.18. The van der Waals surface area contributed by atoms with Crippen molar-refractivity contribution in [2.24, 2.45) is 0 Å². The number of benzene rings is 1. The average Bonchev–Trinajstić information content (AvgIpc) is 2.44. The van der Waals surface area contributed by atoms with Gasteiger partial charge in [-0.3, -0.25) is 0 Å². The van der Waals surface area contributed by atoms with Gasteiger partial charge in [0.1, 0.15) is 0 Å². The van der Waals surface area contributed by atoms with Crippen LogP contribution in [0.1, 0.15) is 64.9 Å². The van der Waals surface area contributed by atoms with Gasteiger partial charge in [-0.1, -0.05) is 45.7 Å². The Labute approximate surface area is 124 Å². The highest BCUT2D eigenvalue weighted by molar-refractivity contribution is 5.45. The normalized spacial score (nSPS) is 11.6. The van der Waals surface area contributed by atoms with Gasteiger partial charge >= 0.3 is 0 Å². The Hall–Kier alpha value is -1.02. The van der Waals surface area contributed by atoms with Crippen LogP contribution in [0.25, 0.3) is 0 Å². The fourth-order valence-corrected chi connectivity index (χ4v) is 2.79. The SMILES string of the molecule is CCCNc1cccc(CCC(O)(CCC)CCC)c1. The Kier molecular flexibility index (Phi) is 7.68. The van der Waals surface area contributed by atoms with Gasteiger partial charge < -0.3 is 10.4 Å². The minimum Gasteiger partial charge on any atom is -0.390 e. The van der Waals surface area contributed by atoms with Crippen molar-refractivity contribution < 1.29 is 5.11 Å². The first kappa shape index (κ1) is 17.0. The predicted octanol–water partition coefficient (Wildman–Crippen LogP) is 4.77. The van der Waals surface area contributed by atoms with Gasteiger partial charge in [-0.15, -0.1) is 0 Å². The van der Waals surface area contributed by atoms with E-state index in [0.29, 0.717) is 0 Å². The molecule has 0 spiro atoms. The van der Waals surface area contributed by atoms with E-state index < -0.39 is 5.60 Å². The third kappa shape index (κ3) is 5.96. The van der Waals surface area contributed by atoms with Crippen LogP contribution in [0.5, 0.6) is 0 Å². The molecule has 0 atom stereocenters. The van der Waals surface area contributed by atoms with E-state index in [1.54, 1.807) is 0 Å². The summed E-state index contributed by atoms with van der Waals surface area (Å²) in [4.78, 5) is 0. The molecule has 0 fully saturated rings. The van der Waals surface area contributed by atoms with Crippen LogP contribution in [0.3, 0.4) is 0 Å². The molecule has 0 radical (unpaired) electrons. The van der Waals surface area contributed by atoms with Gasteiger partial charge in [0, 0.05) is 12.2 Å². The zero-order chi connectivity index (χ0) is 14.8. The molecule has 2 N–H and O–H groups in total. The largest absolute Gasteiger partial charge is 0.390 e. The average molecular weight is 277 g/mol. The van der Waals surface area contributed by atoms with Crippen LogP contribution in [0, 0.1) is 0 Å². The van der Waals surface area contributed by atoms with Crippen molar-refractivity contribution in [1.29, 1.82) is 0 Å². The molecular weight excluding hydrogens is 246 g/mol. The van der Waals surface area contributed by atoms with Crippen molar-refractivity contribution in [3.8, 4) is 0 Å². The third-order valence-corrected chi connectivity index (χ3v) is 3.82. The molecule has 1 rings (SSSR count). The summed E-state index contributed by atoms with van der Waals surface area (Å²) in [6.07, 6.45) is 6.88. The number of anilines is 1. The number of aryl methyl sites for hydroxylation is 1. The van der Waals surface area contributed by atoms with Gasteiger partial charge in [0.2, 0.25) is 0 Å². The van der Waals surface area contributed by atoms with E-state index in [-0.39, 0.29) is 0 Å². The Balaban J connectivity index is 2.58. The van der Waals surface area contributed by atoms with E-state index in [9.17, 15) is 5.11 Å². The number of hydrogen-bond acceptors (Lipinski definition) is 2. The maximum atomic E-state index is 10.7. The summed E-state index contributed by atoms with van der Waals surface area (Å²) < 4.78 is 0. The van der Waals surface area contributed by atoms with Crippen LogP contribution < -0.4 is 5.32 Å². The van der Waals surface area contributed by atoms with Gasteiger partial charge in [-0.05, 0) is 49.8 Å². The summed E-state index contributed by atoms with van der Waals surface area (Å²) in [5.41, 5.74) is 2.03. The van der Waals surface area contributed by atoms with Crippen LogP contribution in [0.15, 0.2) is 24.3 Å². The van der Waals surface area contributed by atoms with Crippen molar-refractivity contribution in [2.75, 3.05) is 11.9 Å². The van der Waals surface area contributed by atoms with Crippen molar-refractivity contribution >= 4 is 5.69 Å². The monoisotopic (exact) mass is 277 g/mol. The lowest BCUT2D eigenvalue weighted by Gasteiger charge is -2.27. The highest BCUT2D eigenvalue weighted by Gasteiger charge is 2.24. The summed E-state index contributed by atoms with van der Waals surface area (Å²) >= 11 is 0. The molecule has 0 aliphatic carbocycles. The Morgan fingerprint density at radius 1 is 1.00 bits per heavy atom. The summed E-state index contributed by atoms with van der Waals surface area (Å²) in [7, 11) is 0. The molecule has 0 heterocycles. The maximum Gasteiger partial charge on any atom is 0.0650 e. The van der Waals surface area contributed by atoms with E-state index in [0.717, 1.165) is 51.5 Å². The topological polar surface area (TPSA) is 32.3 Å². The third-order valence-electron chi connectivity index (χ3n) is 3.82. The molecule has 114 valence electrons. The van der Waals surface area contributed by atoms with Gasteiger partial charge in [0.05, 0.1) is 5.60 Å².